The molecule has 0 bridgehead atoms. The summed E-state index contributed by atoms with van der Waals surface area (Å²) in [5, 5.41) is 10.0. The van der Waals surface area contributed by atoms with Gasteiger partial charge in [0.1, 0.15) is 24.4 Å². The van der Waals surface area contributed by atoms with E-state index in [-0.39, 0.29) is 23.3 Å². The summed E-state index contributed by atoms with van der Waals surface area (Å²) in [5.74, 6) is 0.758. The second-order valence-corrected chi connectivity index (χ2v) is 11.3. The number of rotatable bonds is 3. The van der Waals surface area contributed by atoms with Crippen molar-refractivity contribution in [3.05, 3.63) is 99.6 Å². The maximum absolute atomic E-state index is 13.3. The number of anilines is 2. The fraction of sp³-hybridized carbons (Fsp3) is 0.300. The zero-order chi connectivity index (χ0) is 30.8. The molecule has 6 nitrogen and oxygen atoms in total. The topological polar surface area (TPSA) is 55.0 Å². The van der Waals surface area contributed by atoms with Gasteiger partial charge >= 0.3 is 18.2 Å². The summed E-state index contributed by atoms with van der Waals surface area (Å²) in [7, 11) is 0. The number of hydrogen-bond donors (Lipinski definition) is 2. The number of thiocarbonyl (C=S) groups is 1. The molecule has 2 heterocycles. The summed E-state index contributed by atoms with van der Waals surface area (Å²) in [6.07, 6.45) is -7.42. The number of hydrogen-bond acceptors (Lipinski definition) is 3. The molecule has 0 saturated carbocycles. The lowest BCUT2D eigenvalue weighted by atomic mass is 10.1. The van der Waals surface area contributed by atoms with Gasteiger partial charge in [0.15, 0.2) is 5.11 Å². The van der Waals surface area contributed by atoms with Crippen LogP contribution in [0.5, 0.6) is 0 Å². The first-order chi connectivity index (χ1) is 20.2. The summed E-state index contributed by atoms with van der Waals surface area (Å²) in [6, 6.07) is 10.8. The van der Waals surface area contributed by atoms with Gasteiger partial charge < -0.3 is 15.4 Å². The first-order valence-electron chi connectivity index (χ1n) is 13.4. The fourth-order valence-electron chi connectivity index (χ4n) is 6.01. The van der Waals surface area contributed by atoms with E-state index in [1.54, 1.807) is 6.07 Å². The van der Waals surface area contributed by atoms with Gasteiger partial charge in [-0.25, -0.2) is 4.57 Å². The van der Waals surface area contributed by atoms with Crippen LogP contribution >= 0.6 is 12.2 Å². The van der Waals surface area contributed by atoms with Crippen molar-refractivity contribution in [3.63, 3.8) is 0 Å². The molecule has 4 aromatic rings. The third-order valence-corrected chi connectivity index (χ3v) is 7.89. The van der Waals surface area contributed by atoms with E-state index in [0.29, 0.717) is 30.8 Å². The van der Waals surface area contributed by atoms with Gasteiger partial charge in [0, 0.05) is 22.9 Å². The summed E-state index contributed by atoms with van der Waals surface area (Å²) < 4.78 is 89.8. The molecule has 3 aromatic carbocycles. The lowest BCUT2D eigenvalue weighted by Gasteiger charge is -2.23. The quantitative estimate of drug-likeness (QED) is 0.148. The van der Waals surface area contributed by atoms with Crippen LogP contribution in [0.3, 0.4) is 0 Å². The zero-order valence-electron chi connectivity index (χ0n) is 23.2. The zero-order valence-corrected chi connectivity index (χ0v) is 24.0. The van der Waals surface area contributed by atoms with Crippen LogP contribution < -0.4 is 15.2 Å². The van der Waals surface area contributed by atoms with Gasteiger partial charge in [-0.1, -0.05) is 28.4 Å². The second kappa shape index (κ2) is 10.3. The van der Waals surface area contributed by atoms with Gasteiger partial charge in [-0.2, -0.15) is 26.3 Å². The third-order valence-electron chi connectivity index (χ3n) is 7.69. The van der Waals surface area contributed by atoms with Crippen molar-refractivity contribution in [2.24, 2.45) is 0 Å². The Morgan fingerprint density at radius 3 is 2.16 bits per heavy atom. The summed E-state index contributed by atoms with van der Waals surface area (Å²) in [6.45, 7) is 6.49. The third kappa shape index (κ3) is 5.58. The van der Waals surface area contributed by atoms with E-state index < -0.39 is 29.2 Å². The van der Waals surface area contributed by atoms with Gasteiger partial charge in [0.05, 0.1) is 11.1 Å². The molecule has 0 spiro atoms. The highest BCUT2D eigenvalue weighted by Gasteiger charge is 2.44. The second-order valence-electron chi connectivity index (χ2n) is 10.9. The molecule has 6 rings (SSSR count). The Labute approximate surface area is 248 Å². The van der Waals surface area contributed by atoms with Crippen molar-refractivity contribution < 1.29 is 35.6 Å². The number of halogens is 6. The number of benzene rings is 3. The van der Waals surface area contributed by atoms with E-state index >= 15 is 0 Å². The summed E-state index contributed by atoms with van der Waals surface area (Å²) in [4.78, 5) is 0. The molecule has 1 aliphatic heterocycles. The van der Waals surface area contributed by atoms with Crippen molar-refractivity contribution in [2.45, 2.75) is 58.3 Å². The van der Waals surface area contributed by atoms with Crippen molar-refractivity contribution in [2.75, 3.05) is 10.6 Å². The molecule has 1 aliphatic carbocycles. The number of aromatic nitrogens is 3. The number of aryl methyl sites for hydroxylation is 3. The normalized spacial score (nSPS) is 17.7. The molecule has 0 unspecified atom stereocenters. The van der Waals surface area contributed by atoms with Crippen LogP contribution in [0.4, 0.5) is 37.7 Å². The van der Waals surface area contributed by atoms with E-state index in [4.69, 9.17) is 22.1 Å². The van der Waals surface area contributed by atoms with Crippen LogP contribution in [-0.4, -0.2) is 21.0 Å². The van der Waals surface area contributed by atoms with Gasteiger partial charge in [-0.3, -0.25) is 0 Å². The monoisotopic (exact) mass is 618 g/mol. The van der Waals surface area contributed by atoms with Gasteiger partial charge in [-0.05, 0) is 85.6 Å². The predicted molar refractivity (Wildman–Crippen MR) is 151 cm³/mol. The van der Waals surface area contributed by atoms with E-state index in [9.17, 15) is 26.3 Å². The van der Waals surface area contributed by atoms with Gasteiger partial charge in [0.2, 0.25) is 6.33 Å². The Balaban J connectivity index is 1.27. The molecule has 0 saturated heterocycles. The molecule has 43 heavy (non-hydrogen) atoms. The molecule has 0 fully saturated rings. The summed E-state index contributed by atoms with van der Waals surface area (Å²) >= 11 is 5.26. The molecule has 0 radical (unpaired) electrons. The Kier molecular flexibility index (Phi) is 7.00. The molecule has 13 heteroatoms. The fourth-order valence-corrected chi connectivity index (χ4v) is 6.24. The van der Waals surface area contributed by atoms with E-state index in [0.717, 1.165) is 39.3 Å². The van der Waals surface area contributed by atoms with Crippen molar-refractivity contribution in [3.8, 4) is 5.69 Å². The largest absolute Gasteiger partial charge is 0.416 e. The maximum Gasteiger partial charge on any atom is 0.416 e. The number of nitrogens with zero attached hydrogens (tertiary/aromatic N) is 3. The molecule has 224 valence electrons. The molecule has 2 aliphatic rings. The Morgan fingerprint density at radius 2 is 1.53 bits per heavy atom. The highest BCUT2D eigenvalue weighted by molar-refractivity contribution is 7.80. The first-order valence-corrected chi connectivity index (χ1v) is 13.8. The molecular weight excluding hydrogens is 592 g/mol. The summed E-state index contributed by atoms with van der Waals surface area (Å²) in [5.41, 5.74) is 3.59. The number of nitrogens with one attached hydrogen (secondary N) is 2. The van der Waals surface area contributed by atoms with Crippen LogP contribution in [0.15, 0.2) is 54.9 Å². The molecule has 2 atom stereocenters. The number of alkyl halides is 6. The van der Waals surface area contributed by atoms with Crippen LogP contribution in [0, 0.1) is 20.8 Å². The molecule has 2 N–H and O–H groups in total. The minimum absolute atomic E-state index is 0.0698. The Hall–Kier alpha value is -3.97. The smallest absolute Gasteiger partial charge is 0.363 e. The average molecular weight is 619 g/mol. The van der Waals surface area contributed by atoms with E-state index in [1.165, 1.54) is 0 Å². The van der Waals surface area contributed by atoms with Crippen LogP contribution in [0.25, 0.3) is 5.69 Å². The Bertz CT molecular complexity index is 1710. The lowest BCUT2D eigenvalue weighted by molar-refractivity contribution is -0.739. The van der Waals surface area contributed by atoms with Crippen LogP contribution in [0.2, 0.25) is 0 Å². The van der Waals surface area contributed by atoms with Crippen molar-refractivity contribution >= 4 is 28.7 Å². The number of fused-ring (bicyclic) bond motifs is 5. The highest BCUT2D eigenvalue weighted by Crippen LogP contribution is 2.39. The van der Waals surface area contributed by atoms with Crippen LogP contribution in [0.1, 0.15) is 50.8 Å². The number of ether oxygens (including phenoxy) is 1. The molecular formula is C30H26F6N5OS+. The minimum atomic E-state index is -4.97. The van der Waals surface area contributed by atoms with E-state index in [1.807, 2.05) is 43.9 Å². The van der Waals surface area contributed by atoms with Gasteiger partial charge in [0.25, 0.3) is 0 Å². The first kappa shape index (κ1) is 29.1. The Morgan fingerprint density at radius 1 is 0.907 bits per heavy atom. The predicted octanol–water partition coefficient (Wildman–Crippen LogP) is 6.98. The van der Waals surface area contributed by atoms with Crippen LogP contribution in [-0.2, 0) is 30.1 Å². The van der Waals surface area contributed by atoms with E-state index in [2.05, 4.69) is 27.3 Å². The standard InChI is InChI=1S/C30H25F6N5OS/c1-15-6-16(2)26(17(3)7-15)41-14-40-25(39-41)13-42-24-8-18-4-5-21(12-23(18)27(24)40)37-28(43)38-22-10-19(29(31,32)33)9-20(11-22)30(34,35)36/h4-7,9-12,14,24,27H,8,13H2,1-3H3,(H-,37,38,43)/p+1/t24-,27+/m0/s1. The average Bonchev–Trinajstić information content (AvgIpc) is 3.47. The minimum Gasteiger partial charge on any atom is -0.363 e. The van der Waals surface area contributed by atoms with Crippen molar-refractivity contribution in [1.82, 2.24) is 9.78 Å². The lowest BCUT2D eigenvalue weighted by Crippen LogP contribution is -2.51. The van der Waals surface area contributed by atoms with Crippen molar-refractivity contribution in [1.29, 1.82) is 0 Å². The molecule has 1 aromatic heterocycles. The SMILES string of the molecule is Cc1cc(C)c(-n2c[n+]3c(n2)CO[C@H]2Cc4ccc(NC(=S)Nc5cc(C(F)(F)F)cc(C(F)(F)F)c5)cc4[C@H]23)c(C)c1. The van der Waals surface area contributed by atoms with Gasteiger partial charge in [-0.15, -0.1) is 0 Å². The highest BCUT2D eigenvalue weighted by atomic mass is 32.1. The molecule has 0 amide bonds. The maximum atomic E-state index is 13.3.